The zero-order valence-corrected chi connectivity index (χ0v) is 8.65. The largest absolute Gasteiger partial charge is 0.335 e. The molecule has 1 aliphatic rings. The predicted molar refractivity (Wildman–Crippen MR) is 56.9 cm³/mol. The topological polar surface area (TPSA) is 43.8 Å². The molecule has 3 heteroatoms. The van der Waals surface area contributed by atoms with Crippen LogP contribution in [0.15, 0.2) is 12.4 Å². The Morgan fingerprint density at radius 3 is 3.00 bits per heavy atom. The van der Waals surface area contributed by atoms with Crippen LogP contribution in [-0.2, 0) is 13.0 Å². The molecule has 2 rings (SSSR count). The van der Waals surface area contributed by atoms with Crippen molar-refractivity contribution in [2.75, 3.05) is 6.54 Å². The number of hydrogen-bond acceptors (Lipinski definition) is 2. The van der Waals surface area contributed by atoms with Gasteiger partial charge in [-0.05, 0) is 31.7 Å². The van der Waals surface area contributed by atoms with E-state index in [1.165, 1.54) is 31.6 Å². The molecule has 0 unspecified atom stereocenters. The van der Waals surface area contributed by atoms with Gasteiger partial charge in [0.2, 0.25) is 0 Å². The van der Waals surface area contributed by atoms with E-state index in [2.05, 4.69) is 15.7 Å². The summed E-state index contributed by atoms with van der Waals surface area (Å²) in [6.07, 6.45) is 10.3. The van der Waals surface area contributed by atoms with Crippen molar-refractivity contribution in [3.63, 3.8) is 0 Å². The second-order valence-corrected chi connectivity index (χ2v) is 4.18. The smallest absolute Gasteiger partial charge is 0.108 e. The van der Waals surface area contributed by atoms with Crippen molar-refractivity contribution >= 4 is 0 Å². The Labute approximate surface area is 85.3 Å². The molecule has 0 saturated heterocycles. The summed E-state index contributed by atoms with van der Waals surface area (Å²) in [4.78, 5) is 4.37. The van der Waals surface area contributed by atoms with Gasteiger partial charge in [-0.1, -0.05) is 6.42 Å². The van der Waals surface area contributed by atoms with Gasteiger partial charge in [-0.3, -0.25) is 0 Å². The molecular weight excluding hydrogens is 174 g/mol. The lowest BCUT2D eigenvalue weighted by molar-refractivity contribution is 0.273. The zero-order valence-electron chi connectivity index (χ0n) is 8.65. The third-order valence-corrected chi connectivity index (χ3v) is 3.09. The van der Waals surface area contributed by atoms with Crippen LogP contribution < -0.4 is 5.73 Å². The number of aromatic nitrogens is 2. The minimum absolute atomic E-state index is 0.760. The van der Waals surface area contributed by atoms with Crippen LogP contribution in [0.2, 0.25) is 0 Å². The van der Waals surface area contributed by atoms with E-state index < -0.39 is 0 Å². The minimum Gasteiger partial charge on any atom is -0.335 e. The Morgan fingerprint density at radius 1 is 1.50 bits per heavy atom. The number of hydrogen-bond donors (Lipinski definition) is 1. The third kappa shape index (κ3) is 2.15. The average molecular weight is 193 g/mol. The summed E-state index contributed by atoms with van der Waals surface area (Å²) >= 11 is 0. The van der Waals surface area contributed by atoms with E-state index >= 15 is 0 Å². The molecule has 0 amide bonds. The van der Waals surface area contributed by atoms with E-state index in [4.69, 9.17) is 5.73 Å². The summed E-state index contributed by atoms with van der Waals surface area (Å²) in [5, 5.41) is 0. The van der Waals surface area contributed by atoms with Crippen LogP contribution in [0.1, 0.15) is 31.5 Å². The molecule has 0 radical (unpaired) electrons. The number of imidazole rings is 1. The maximum Gasteiger partial charge on any atom is 0.108 e. The van der Waals surface area contributed by atoms with E-state index in [1.807, 2.05) is 6.20 Å². The van der Waals surface area contributed by atoms with E-state index in [9.17, 15) is 0 Å². The summed E-state index contributed by atoms with van der Waals surface area (Å²) in [5.74, 6) is 2.11. The van der Waals surface area contributed by atoms with E-state index in [1.54, 1.807) is 0 Å². The molecule has 0 atom stereocenters. The van der Waals surface area contributed by atoms with E-state index in [0.717, 1.165) is 25.3 Å². The first-order chi connectivity index (χ1) is 6.90. The summed E-state index contributed by atoms with van der Waals surface area (Å²) in [7, 11) is 0. The molecule has 0 aromatic carbocycles. The fraction of sp³-hybridized carbons (Fsp3) is 0.727. The van der Waals surface area contributed by atoms with Gasteiger partial charge in [0.15, 0.2) is 0 Å². The highest BCUT2D eigenvalue weighted by atomic mass is 15.1. The van der Waals surface area contributed by atoms with Gasteiger partial charge in [0.1, 0.15) is 5.82 Å². The lowest BCUT2D eigenvalue weighted by Gasteiger charge is -2.26. The quantitative estimate of drug-likeness (QED) is 0.771. The Balaban J connectivity index is 1.90. The molecule has 0 bridgehead atoms. The Morgan fingerprint density at radius 2 is 2.36 bits per heavy atom. The molecule has 1 aromatic heterocycles. The van der Waals surface area contributed by atoms with Gasteiger partial charge in [-0.15, -0.1) is 0 Å². The van der Waals surface area contributed by atoms with Crippen LogP contribution in [-0.4, -0.2) is 16.1 Å². The van der Waals surface area contributed by atoms with Crippen LogP contribution >= 0.6 is 0 Å². The first-order valence-electron chi connectivity index (χ1n) is 5.60. The normalized spacial score (nSPS) is 16.9. The first-order valence-corrected chi connectivity index (χ1v) is 5.60. The molecule has 0 spiro atoms. The molecule has 0 aliphatic heterocycles. The SMILES string of the molecule is NCCCc1nccn1CC1CCC1. The van der Waals surface area contributed by atoms with Crippen molar-refractivity contribution < 1.29 is 0 Å². The standard InChI is InChI=1S/C11H19N3/c12-6-2-5-11-13-7-8-14(11)9-10-3-1-4-10/h7-8,10H,1-6,9,12H2. The van der Waals surface area contributed by atoms with Crippen LogP contribution in [0.4, 0.5) is 0 Å². The van der Waals surface area contributed by atoms with Crippen LogP contribution in [0.25, 0.3) is 0 Å². The second kappa shape index (κ2) is 4.60. The number of rotatable bonds is 5. The summed E-state index contributed by atoms with van der Waals surface area (Å²) in [6.45, 7) is 1.93. The molecule has 1 heterocycles. The number of aryl methyl sites for hydroxylation is 1. The maximum absolute atomic E-state index is 5.50. The molecule has 2 N–H and O–H groups in total. The van der Waals surface area contributed by atoms with Crippen molar-refractivity contribution in [3.05, 3.63) is 18.2 Å². The van der Waals surface area contributed by atoms with Crippen molar-refractivity contribution in [1.29, 1.82) is 0 Å². The van der Waals surface area contributed by atoms with Gasteiger partial charge in [0, 0.05) is 25.4 Å². The third-order valence-electron chi connectivity index (χ3n) is 3.09. The van der Waals surface area contributed by atoms with Crippen molar-refractivity contribution in [3.8, 4) is 0 Å². The van der Waals surface area contributed by atoms with Gasteiger partial charge < -0.3 is 10.3 Å². The lowest BCUT2D eigenvalue weighted by Crippen LogP contribution is -2.19. The average Bonchev–Trinajstić information content (AvgIpc) is 2.55. The molecule has 3 nitrogen and oxygen atoms in total. The highest BCUT2D eigenvalue weighted by molar-refractivity contribution is 4.93. The fourth-order valence-electron chi connectivity index (χ4n) is 1.95. The van der Waals surface area contributed by atoms with Gasteiger partial charge in [-0.25, -0.2) is 4.98 Å². The fourth-order valence-corrected chi connectivity index (χ4v) is 1.95. The van der Waals surface area contributed by atoms with Crippen LogP contribution in [0.3, 0.4) is 0 Å². The minimum atomic E-state index is 0.760. The maximum atomic E-state index is 5.50. The summed E-state index contributed by atoms with van der Waals surface area (Å²) < 4.78 is 2.31. The van der Waals surface area contributed by atoms with Crippen molar-refractivity contribution in [1.82, 2.24) is 9.55 Å². The number of nitrogens with zero attached hydrogens (tertiary/aromatic N) is 2. The van der Waals surface area contributed by atoms with E-state index in [0.29, 0.717) is 0 Å². The molecule has 1 aliphatic carbocycles. The Bertz CT molecular complexity index is 276. The van der Waals surface area contributed by atoms with Gasteiger partial charge in [0.25, 0.3) is 0 Å². The predicted octanol–water partition coefficient (Wildman–Crippen LogP) is 1.57. The molecule has 1 saturated carbocycles. The Kier molecular flexibility index (Phi) is 3.19. The second-order valence-electron chi connectivity index (χ2n) is 4.18. The van der Waals surface area contributed by atoms with Crippen LogP contribution in [0, 0.1) is 5.92 Å². The lowest BCUT2D eigenvalue weighted by atomic mass is 9.85. The molecule has 1 aromatic rings. The first kappa shape index (κ1) is 9.71. The molecule has 78 valence electrons. The van der Waals surface area contributed by atoms with Gasteiger partial charge in [-0.2, -0.15) is 0 Å². The zero-order chi connectivity index (χ0) is 9.80. The summed E-state index contributed by atoms with van der Waals surface area (Å²) in [5.41, 5.74) is 5.50. The molecule has 1 fully saturated rings. The van der Waals surface area contributed by atoms with Crippen molar-refractivity contribution in [2.24, 2.45) is 11.7 Å². The summed E-state index contributed by atoms with van der Waals surface area (Å²) in [6, 6.07) is 0. The molecular formula is C11H19N3. The molecule has 14 heavy (non-hydrogen) atoms. The van der Waals surface area contributed by atoms with E-state index in [-0.39, 0.29) is 0 Å². The number of nitrogens with two attached hydrogens (primary N) is 1. The van der Waals surface area contributed by atoms with Gasteiger partial charge in [0.05, 0.1) is 0 Å². The van der Waals surface area contributed by atoms with Crippen molar-refractivity contribution in [2.45, 2.75) is 38.6 Å². The van der Waals surface area contributed by atoms with Gasteiger partial charge >= 0.3 is 0 Å². The highest BCUT2D eigenvalue weighted by Crippen LogP contribution is 2.28. The monoisotopic (exact) mass is 193 g/mol. The van der Waals surface area contributed by atoms with Crippen LogP contribution in [0.5, 0.6) is 0 Å². The highest BCUT2D eigenvalue weighted by Gasteiger charge is 2.18. The Hall–Kier alpha value is -0.830.